The summed E-state index contributed by atoms with van der Waals surface area (Å²) in [7, 11) is 3.33. The fraction of sp³-hybridized carbons (Fsp3) is 0.368. The van der Waals surface area contributed by atoms with Crippen LogP contribution in [0.5, 0.6) is 11.5 Å². The fourth-order valence-electron chi connectivity index (χ4n) is 2.72. The average molecular weight is 315 g/mol. The number of para-hydroxylation sites is 1. The summed E-state index contributed by atoms with van der Waals surface area (Å²) < 4.78 is 10.7. The molecular weight excluding hydrogens is 290 g/mol. The van der Waals surface area contributed by atoms with Gasteiger partial charge in [-0.2, -0.15) is 0 Å². The molecule has 0 saturated heterocycles. The van der Waals surface area contributed by atoms with Crippen molar-refractivity contribution >= 4 is 0 Å². The Morgan fingerprint density at radius 3 is 2.52 bits per heavy atom. The van der Waals surface area contributed by atoms with Crippen molar-refractivity contribution in [1.82, 2.24) is 5.32 Å². The molecule has 2 atom stereocenters. The number of benzene rings is 2. The van der Waals surface area contributed by atoms with E-state index in [2.05, 4.69) is 18.3 Å². The van der Waals surface area contributed by atoms with Gasteiger partial charge in [-0.25, -0.2) is 0 Å². The van der Waals surface area contributed by atoms with Crippen molar-refractivity contribution in [1.29, 1.82) is 0 Å². The van der Waals surface area contributed by atoms with Crippen LogP contribution in [0.4, 0.5) is 0 Å². The predicted octanol–water partition coefficient (Wildman–Crippen LogP) is 2.96. The molecule has 0 bridgehead atoms. The highest BCUT2D eigenvalue weighted by molar-refractivity contribution is 5.34. The second kappa shape index (κ2) is 8.56. The minimum absolute atomic E-state index is 0.0312. The molecule has 0 fully saturated rings. The Hall–Kier alpha value is -2.04. The maximum Gasteiger partial charge on any atom is 0.122 e. The summed E-state index contributed by atoms with van der Waals surface area (Å²) in [5, 5.41) is 13.2. The minimum Gasteiger partial charge on any atom is -0.497 e. The Balaban J connectivity index is 2.06. The van der Waals surface area contributed by atoms with Crippen molar-refractivity contribution in [2.45, 2.75) is 25.4 Å². The molecule has 0 spiro atoms. The molecule has 0 saturated carbocycles. The molecule has 0 aliphatic rings. The van der Waals surface area contributed by atoms with Gasteiger partial charge in [0.15, 0.2) is 0 Å². The minimum atomic E-state index is -0.130. The monoisotopic (exact) mass is 315 g/mol. The summed E-state index contributed by atoms with van der Waals surface area (Å²) in [4.78, 5) is 0. The highest BCUT2D eigenvalue weighted by Gasteiger charge is 2.15. The van der Waals surface area contributed by atoms with Crippen LogP contribution in [0.25, 0.3) is 0 Å². The van der Waals surface area contributed by atoms with Crippen LogP contribution in [0.2, 0.25) is 0 Å². The molecule has 2 unspecified atom stereocenters. The van der Waals surface area contributed by atoms with E-state index in [1.807, 2.05) is 42.5 Å². The van der Waals surface area contributed by atoms with Crippen molar-refractivity contribution in [3.05, 3.63) is 59.7 Å². The van der Waals surface area contributed by atoms with Gasteiger partial charge in [-0.05, 0) is 42.7 Å². The lowest BCUT2D eigenvalue weighted by molar-refractivity contribution is 0.234. The van der Waals surface area contributed by atoms with Crippen molar-refractivity contribution in [3.63, 3.8) is 0 Å². The van der Waals surface area contributed by atoms with Crippen LogP contribution >= 0.6 is 0 Å². The molecule has 124 valence electrons. The Bertz CT molecular complexity index is 615. The van der Waals surface area contributed by atoms with Crippen LogP contribution in [0.3, 0.4) is 0 Å². The number of hydrogen-bond donors (Lipinski definition) is 2. The number of methoxy groups -OCH3 is 2. The Kier molecular flexibility index (Phi) is 6.44. The standard InChI is InChI=1S/C19H25NO3/c1-14(11-16-7-4-5-10-19(16)23-3)20-18(13-21)15-8-6-9-17(12-15)22-2/h4-10,12,14,18,20-21H,11,13H2,1-3H3. The molecule has 0 heterocycles. The van der Waals surface area contributed by atoms with Gasteiger partial charge in [0, 0.05) is 6.04 Å². The van der Waals surface area contributed by atoms with Gasteiger partial charge in [0.1, 0.15) is 11.5 Å². The maximum absolute atomic E-state index is 9.73. The van der Waals surface area contributed by atoms with Gasteiger partial charge in [-0.3, -0.25) is 0 Å². The predicted molar refractivity (Wildman–Crippen MR) is 92.1 cm³/mol. The van der Waals surface area contributed by atoms with Crippen molar-refractivity contribution in [2.24, 2.45) is 0 Å². The molecule has 4 heteroatoms. The van der Waals surface area contributed by atoms with Crippen LogP contribution in [0.15, 0.2) is 48.5 Å². The van der Waals surface area contributed by atoms with E-state index in [4.69, 9.17) is 9.47 Å². The highest BCUT2D eigenvalue weighted by Crippen LogP contribution is 2.22. The van der Waals surface area contributed by atoms with Gasteiger partial charge >= 0.3 is 0 Å². The molecular formula is C19H25NO3. The van der Waals surface area contributed by atoms with Crippen molar-refractivity contribution in [3.8, 4) is 11.5 Å². The fourth-order valence-corrected chi connectivity index (χ4v) is 2.72. The third kappa shape index (κ3) is 4.71. The van der Waals surface area contributed by atoms with Crippen molar-refractivity contribution < 1.29 is 14.6 Å². The third-order valence-corrected chi connectivity index (χ3v) is 3.88. The molecule has 0 radical (unpaired) electrons. The van der Waals surface area contributed by atoms with E-state index in [0.29, 0.717) is 0 Å². The molecule has 0 aliphatic heterocycles. The largest absolute Gasteiger partial charge is 0.497 e. The topological polar surface area (TPSA) is 50.7 Å². The maximum atomic E-state index is 9.73. The van der Waals surface area contributed by atoms with E-state index < -0.39 is 0 Å². The van der Waals surface area contributed by atoms with E-state index in [1.165, 1.54) is 0 Å². The molecule has 0 aliphatic carbocycles. The zero-order valence-corrected chi connectivity index (χ0v) is 14.0. The molecule has 0 amide bonds. The molecule has 0 aromatic heterocycles. The highest BCUT2D eigenvalue weighted by atomic mass is 16.5. The third-order valence-electron chi connectivity index (χ3n) is 3.88. The van der Waals surface area contributed by atoms with Crippen LogP contribution in [0, 0.1) is 0 Å². The number of rotatable bonds is 8. The lowest BCUT2D eigenvalue weighted by atomic mass is 10.0. The lowest BCUT2D eigenvalue weighted by Crippen LogP contribution is -2.34. The Morgan fingerprint density at radius 2 is 1.83 bits per heavy atom. The first kappa shape index (κ1) is 17.3. The first-order valence-corrected chi connectivity index (χ1v) is 7.80. The molecule has 2 aromatic carbocycles. The van der Waals surface area contributed by atoms with Gasteiger partial charge in [0.25, 0.3) is 0 Å². The summed E-state index contributed by atoms with van der Waals surface area (Å²) in [6, 6.07) is 15.8. The summed E-state index contributed by atoms with van der Waals surface area (Å²) in [6.07, 6.45) is 0.824. The van der Waals surface area contributed by atoms with Gasteiger partial charge < -0.3 is 19.9 Å². The van der Waals surface area contributed by atoms with Gasteiger partial charge in [0.2, 0.25) is 0 Å². The first-order chi connectivity index (χ1) is 11.2. The second-order valence-electron chi connectivity index (χ2n) is 5.60. The zero-order chi connectivity index (χ0) is 16.7. The average Bonchev–Trinajstić information content (AvgIpc) is 2.60. The second-order valence-corrected chi connectivity index (χ2v) is 5.60. The van der Waals surface area contributed by atoms with Crippen LogP contribution in [0.1, 0.15) is 24.1 Å². The Morgan fingerprint density at radius 1 is 1.04 bits per heavy atom. The number of aliphatic hydroxyl groups excluding tert-OH is 1. The summed E-state index contributed by atoms with van der Waals surface area (Å²) >= 11 is 0. The van der Waals surface area contributed by atoms with E-state index in [0.717, 1.165) is 29.0 Å². The molecule has 2 N–H and O–H groups in total. The van der Waals surface area contributed by atoms with Crippen LogP contribution < -0.4 is 14.8 Å². The van der Waals surface area contributed by atoms with E-state index in [1.54, 1.807) is 14.2 Å². The first-order valence-electron chi connectivity index (χ1n) is 7.80. The zero-order valence-electron chi connectivity index (χ0n) is 14.0. The van der Waals surface area contributed by atoms with Gasteiger partial charge in [-0.1, -0.05) is 30.3 Å². The number of hydrogen-bond acceptors (Lipinski definition) is 4. The number of aliphatic hydroxyl groups is 1. The Labute approximate surface area is 138 Å². The quantitative estimate of drug-likeness (QED) is 0.786. The smallest absolute Gasteiger partial charge is 0.122 e. The normalized spacial score (nSPS) is 13.4. The molecule has 4 nitrogen and oxygen atoms in total. The SMILES string of the molecule is COc1cccc(C(CO)NC(C)Cc2ccccc2OC)c1. The molecule has 2 rings (SSSR count). The van der Waals surface area contributed by atoms with E-state index in [-0.39, 0.29) is 18.7 Å². The summed E-state index contributed by atoms with van der Waals surface area (Å²) in [5.41, 5.74) is 2.16. The van der Waals surface area contributed by atoms with Gasteiger partial charge in [0.05, 0.1) is 26.9 Å². The summed E-state index contributed by atoms with van der Waals surface area (Å²) in [5.74, 6) is 1.68. The number of nitrogens with one attached hydrogen (secondary N) is 1. The van der Waals surface area contributed by atoms with Gasteiger partial charge in [-0.15, -0.1) is 0 Å². The number of ether oxygens (including phenoxy) is 2. The van der Waals surface area contributed by atoms with E-state index in [9.17, 15) is 5.11 Å². The lowest BCUT2D eigenvalue weighted by Gasteiger charge is -2.23. The summed E-state index contributed by atoms with van der Waals surface area (Å²) in [6.45, 7) is 2.14. The molecule has 2 aromatic rings. The molecule has 23 heavy (non-hydrogen) atoms. The van der Waals surface area contributed by atoms with E-state index >= 15 is 0 Å². The van der Waals surface area contributed by atoms with Crippen molar-refractivity contribution in [2.75, 3.05) is 20.8 Å². The van der Waals surface area contributed by atoms with Crippen LogP contribution in [-0.2, 0) is 6.42 Å². The van der Waals surface area contributed by atoms with Crippen LogP contribution in [-0.4, -0.2) is 32.0 Å².